The standard InChI is InChI=1S/C15H20ClNO2S/c16-13-3-1-11(2-4-13)15(9-17-14-5-6-14)12-7-8-20(18,19)10-12/h1-4,12,14-15,17H,5-10H2. The Morgan fingerprint density at radius 2 is 1.90 bits per heavy atom. The summed E-state index contributed by atoms with van der Waals surface area (Å²) in [6.07, 6.45) is 3.27. The summed E-state index contributed by atoms with van der Waals surface area (Å²) >= 11 is 5.95. The largest absolute Gasteiger partial charge is 0.313 e. The van der Waals surface area contributed by atoms with Gasteiger partial charge >= 0.3 is 0 Å². The van der Waals surface area contributed by atoms with Gasteiger partial charge in [-0.1, -0.05) is 23.7 Å². The first kappa shape index (κ1) is 14.4. The number of benzene rings is 1. The molecule has 2 unspecified atom stereocenters. The third-order valence-electron chi connectivity index (χ3n) is 4.34. The van der Waals surface area contributed by atoms with Crippen molar-refractivity contribution >= 4 is 21.4 Å². The molecule has 110 valence electrons. The van der Waals surface area contributed by atoms with Crippen molar-refractivity contribution in [1.82, 2.24) is 5.32 Å². The Kier molecular flexibility index (Phi) is 4.07. The van der Waals surface area contributed by atoms with Gasteiger partial charge in [0.25, 0.3) is 0 Å². The monoisotopic (exact) mass is 313 g/mol. The number of hydrogen-bond donors (Lipinski definition) is 1. The molecule has 1 saturated heterocycles. The molecule has 2 atom stereocenters. The lowest BCUT2D eigenvalue weighted by Gasteiger charge is -2.23. The molecule has 3 nitrogen and oxygen atoms in total. The topological polar surface area (TPSA) is 46.2 Å². The van der Waals surface area contributed by atoms with E-state index in [0.717, 1.165) is 18.0 Å². The predicted octanol–water partition coefficient (Wildman–Crippen LogP) is 2.61. The van der Waals surface area contributed by atoms with E-state index in [4.69, 9.17) is 11.6 Å². The van der Waals surface area contributed by atoms with Crippen molar-refractivity contribution in [3.05, 3.63) is 34.9 Å². The summed E-state index contributed by atoms with van der Waals surface area (Å²) in [4.78, 5) is 0. The fourth-order valence-corrected chi connectivity index (χ4v) is 4.99. The van der Waals surface area contributed by atoms with Crippen LogP contribution in [0.3, 0.4) is 0 Å². The van der Waals surface area contributed by atoms with Crippen molar-refractivity contribution in [3.63, 3.8) is 0 Å². The van der Waals surface area contributed by atoms with Gasteiger partial charge in [-0.05, 0) is 42.9 Å². The van der Waals surface area contributed by atoms with Crippen molar-refractivity contribution in [2.45, 2.75) is 31.2 Å². The van der Waals surface area contributed by atoms with Gasteiger partial charge in [-0.3, -0.25) is 0 Å². The molecular weight excluding hydrogens is 294 g/mol. The van der Waals surface area contributed by atoms with Crippen molar-refractivity contribution in [3.8, 4) is 0 Å². The van der Waals surface area contributed by atoms with Crippen LogP contribution in [0.4, 0.5) is 0 Å². The summed E-state index contributed by atoms with van der Waals surface area (Å²) in [7, 11) is -2.83. The van der Waals surface area contributed by atoms with E-state index in [0.29, 0.717) is 17.5 Å². The van der Waals surface area contributed by atoms with E-state index >= 15 is 0 Å². The van der Waals surface area contributed by atoms with E-state index in [1.165, 1.54) is 18.4 Å². The first-order valence-corrected chi connectivity index (χ1v) is 9.43. The zero-order valence-electron chi connectivity index (χ0n) is 11.4. The highest BCUT2D eigenvalue weighted by molar-refractivity contribution is 7.91. The first-order chi connectivity index (χ1) is 9.53. The highest BCUT2D eigenvalue weighted by Crippen LogP contribution is 2.34. The number of rotatable bonds is 5. The number of hydrogen-bond acceptors (Lipinski definition) is 3. The maximum Gasteiger partial charge on any atom is 0.150 e. The van der Waals surface area contributed by atoms with Crippen LogP contribution in [0.15, 0.2) is 24.3 Å². The highest BCUT2D eigenvalue weighted by Gasteiger charge is 2.35. The molecule has 1 aliphatic heterocycles. The molecule has 0 bridgehead atoms. The van der Waals surface area contributed by atoms with Gasteiger partial charge in [0.1, 0.15) is 0 Å². The Morgan fingerprint density at radius 3 is 2.45 bits per heavy atom. The minimum atomic E-state index is -2.83. The summed E-state index contributed by atoms with van der Waals surface area (Å²) in [5, 5.41) is 4.27. The second-order valence-electron chi connectivity index (χ2n) is 6.00. The number of nitrogens with one attached hydrogen (secondary N) is 1. The maximum atomic E-state index is 11.7. The minimum Gasteiger partial charge on any atom is -0.313 e. The van der Waals surface area contributed by atoms with Gasteiger partial charge in [0.2, 0.25) is 0 Å². The molecule has 1 saturated carbocycles. The molecule has 1 aromatic carbocycles. The molecular formula is C15H20ClNO2S. The molecule has 0 spiro atoms. The molecule has 2 aliphatic rings. The first-order valence-electron chi connectivity index (χ1n) is 7.23. The van der Waals surface area contributed by atoms with E-state index in [9.17, 15) is 8.42 Å². The normalized spacial score (nSPS) is 26.6. The molecule has 0 amide bonds. The minimum absolute atomic E-state index is 0.229. The highest BCUT2D eigenvalue weighted by atomic mass is 35.5. The van der Waals surface area contributed by atoms with Crippen LogP contribution in [0.5, 0.6) is 0 Å². The lowest BCUT2D eigenvalue weighted by atomic mass is 9.85. The molecule has 1 aromatic rings. The van der Waals surface area contributed by atoms with Crippen molar-refractivity contribution in [2.24, 2.45) is 5.92 Å². The molecule has 1 heterocycles. The Balaban J connectivity index is 1.77. The van der Waals surface area contributed by atoms with Crippen LogP contribution >= 0.6 is 11.6 Å². The van der Waals surface area contributed by atoms with Gasteiger partial charge in [-0.2, -0.15) is 0 Å². The zero-order chi connectivity index (χ0) is 14.2. The van der Waals surface area contributed by atoms with Crippen LogP contribution in [0.1, 0.15) is 30.7 Å². The summed E-state index contributed by atoms with van der Waals surface area (Å²) in [6, 6.07) is 8.50. The smallest absolute Gasteiger partial charge is 0.150 e. The fraction of sp³-hybridized carbons (Fsp3) is 0.600. The lowest BCUT2D eigenvalue weighted by Crippen LogP contribution is -2.28. The van der Waals surface area contributed by atoms with Crippen LogP contribution < -0.4 is 5.32 Å². The molecule has 0 aromatic heterocycles. The summed E-state index contributed by atoms with van der Waals surface area (Å²) in [5.74, 6) is 1.16. The van der Waals surface area contributed by atoms with Crippen molar-refractivity contribution in [2.75, 3.05) is 18.1 Å². The molecule has 1 aliphatic carbocycles. The second-order valence-corrected chi connectivity index (χ2v) is 8.67. The summed E-state index contributed by atoms with van der Waals surface area (Å²) in [5.41, 5.74) is 1.20. The van der Waals surface area contributed by atoms with Gasteiger partial charge in [0, 0.05) is 23.5 Å². The number of sulfone groups is 1. The average Bonchev–Trinajstić information content (AvgIpc) is 3.15. The molecule has 5 heteroatoms. The van der Waals surface area contributed by atoms with Crippen LogP contribution in [-0.4, -0.2) is 32.5 Å². The predicted molar refractivity (Wildman–Crippen MR) is 82.0 cm³/mol. The Labute approximate surface area is 125 Å². The zero-order valence-corrected chi connectivity index (χ0v) is 13.0. The van der Waals surface area contributed by atoms with Crippen LogP contribution in [0.2, 0.25) is 5.02 Å². The number of halogens is 1. The van der Waals surface area contributed by atoms with Gasteiger partial charge in [-0.25, -0.2) is 8.42 Å². The second kappa shape index (κ2) is 5.66. The van der Waals surface area contributed by atoms with Gasteiger partial charge in [0.05, 0.1) is 11.5 Å². The summed E-state index contributed by atoms with van der Waals surface area (Å²) < 4.78 is 23.5. The Bertz CT molecular complexity index is 566. The van der Waals surface area contributed by atoms with Gasteiger partial charge in [-0.15, -0.1) is 0 Å². The van der Waals surface area contributed by atoms with Crippen molar-refractivity contribution < 1.29 is 8.42 Å². The van der Waals surface area contributed by atoms with Gasteiger partial charge in [0.15, 0.2) is 9.84 Å². The summed E-state index contributed by atoms with van der Waals surface area (Å²) in [6.45, 7) is 0.868. The fourth-order valence-electron chi connectivity index (χ4n) is 2.99. The van der Waals surface area contributed by atoms with E-state index in [1.54, 1.807) is 0 Å². The molecule has 2 fully saturated rings. The maximum absolute atomic E-state index is 11.7. The SMILES string of the molecule is O=S1(=O)CCC(C(CNC2CC2)c2ccc(Cl)cc2)C1. The van der Waals surface area contributed by atoms with E-state index in [-0.39, 0.29) is 11.8 Å². The van der Waals surface area contributed by atoms with Crippen LogP contribution in [0, 0.1) is 5.92 Å². The third-order valence-corrected chi connectivity index (χ3v) is 6.38. The van der Waals surface area contributed by atoms with Gasteiger partial charge < -0.3 is 5.32 Å². The van der Waals surface area contributed by atoms with E-state index < -0.39 is 9.84 Å². The molecule has 3 rings (SSSR count). The quantitative estimate of drug-likeness (QED) is 0.909. The average molecular weight is 314 g/mol. The molecule has 20 heavy (non-hydrogen) atoms. The third kappa shape index (κ3) is 3.54. The van der Waals surface area contributed by atoms with E-state index in [2.05, 4.69) is 5.32 Å². The Morgan fingerprint density at radius 1 is 1.20 bits per heavy atom. The molecule has 0 radical (unpaired) electrons. The van der Waals surface area contributed by atoms with E-state index in [1.807, 2.05) is 24.3 Å². The molecule has 1 N–H and O–H groups in total. The Hall–Kier alpha value is -0.580. The van der Waals surface area contributed by atoms with Crippen LogP contribution in [-0.2, 0) is 9.84 Å². The lowest BCUT2D eigenvalue weighted by molar-refractivity contribution is 0.437. The van der Waals surface area contributed by atoms with Crippen LogP contribution in [0.25, 0.3) is 0 Å². The van der Waals surface area contributed by atoms with Crippen molar-refractivity contribution in [1.29, 1.82) is 0 Å².